The topological polar surface area (TPSA) is 75.0 Å². The van der Waals surface area contributed by atoms with E-state index < -0.39 is 5.91 Å². The van der Waals surface area contributed by atoms with Gasteiger partial charge in [0.05, 0.1) is 12.3 Å². The first-order valence-corrected chi connectivity index (χ1v) is 10.2. The number of ether oxygens (including phenoxy) is 1. The number of hydrogen-bond acceptors (Lipinski definition) is 5. The van der Waals surface area contributed by atoms with Gasteiger partial charge in [0.2, 0.25) is 0 Å². The summed E-state index contributed by atoms with van der Waals surface area (Å²) < 4.78 is 5.63. The van der Waals surface area contributed by atoms with Crippen molar-refractivity contribution < 1.29 is 9.53 Å². The van der Waals surface area contributed by atoms with E-state index in [2.05, 4.69) is 17.2 Å². The lowest BCUT2D eigenvalue weighted by Crippen LogP contribution is -2.13. The first-order valence-electron chi connectivity index (χ1n) is 9.36. The Morgan fingerprint density at radius 2 is 1.97 bits per heavy atom. The molecule has 0 unspecified atom stereocenters. The monoisotopic (exact) mass is 403 g/mol. The van der Waals surface area contributed by atoms with Gasteiger partial charge < -0.3 is 4.74 Å². The molecule has 0 aliphatic rings. The molecule has 3 aromatic rings. The second-order valence-electron chi connectivity index (χ2n) is 6.30. The quantitative estimate of drug-likeness (QED) is 0.305. The van der Waals surface area contributed by atoms with Crippen molar-refractivity contribution in [1.82, 2.24) is 4.98 Å². The number of aromatic nitrogens is 1. The van der Waals surface area contributed by atoms with Crippen LogP contribution in [-0.4, -0.2) is 17.5 Å². The maximum atomic E-state index is 12.5. The zero-order valence-corrected chi connectivity index (χ0v) is 16.9. The minimum atomic E-state index is -0.482. The standard InChI is InChI=1S/C23H21N3O2S/c1-2-3-13-28-20-11-9-17(10-12-20)14-19(15-24)22(27)26-23-25-21(16-29-23)18-7-5-4-6-8-18/h4-12,14,16H,2-3,13H2,1H3,(H,25,26,27)/b19-14+. The molecule has 29 heavy (non-hydrogen) atoms. The molecule has 146 valence electrons. The van der Waals surface area contributed by atoms with Crippen LogP contribution in [0.5, 0.6) is 5.75 Å². The summed E-state index contributed by atoms with van der Waals surface area (Å²) in [5.41, 5.74) is 2.53. The zero-order valence-electron chi connectivity index (χ0n) is 16.1. The highest BCUT2D eigenvalue weighted by atomic mass is 32.1. The highest BCUT2D eigenvalue weighted by molar-refractivity contribution is 7.14. The van der Waals surface area contributed by atoms with Crippen LogP contribution in [-0.2, 0) is 4.79 Å². The molecule has 0 bridgehead atoms. The molecule has 0 aliphatic heterocycles. The molecule has 1 aromatic heterocycles. The number of rotatable bonds is 8. The summed E-state index contributed by atoms with van der Waals surface area (Å²) >= 11 is 1.32. The molecule has 1 amide bonds. The molecular weight excluding hydrogens is 382 g/mol. The molecule has 0 fully saturated rings. The van der Waals surface area contributed by atoms with E-state index in [0.29, 0.717) is 11.7 Å². The Morgan fingerprint density at radius 1 is 1.21 bits per heavy atom. The van der Waals surface area contributed by atoms with Gasteiger partial charge in [0.15, 0.2) is 5.13 Å². The summed E-state index contributed by atoms with van der Waals surface area (Å²) in [7, 11) is 0. The molecule has 5 nitrogen and oxygen atoms in total. The molecule has 1 N–H and O–H groups in total. The van der Waals surface area contributed by atoms with E-state index in [9.17, 15) is 10.1 Å². The van der Waals surface area contributed by atoms with E-state index in [4.69, 9.17) is 4.74 Å². The van der Waals surface area contributed by atoms with Gasteiger partial charge in [-0.15, -0.1) is 11.3 Å². The Bertz CT molecular complexity index is 1020. The predicted octanol–water partition coefficient (Wildman–Crippen LogP) is 5.53. The third kappa shape index (κ3) is 5.77. The average Bonchev–Trinajstić information content (AvgIpc) is 3.22. The van der Waals surface area contributed by atoms with E-state index in [1.807, 2.05) is 66.0 Å². The number of nitrogens with zero attached hydrogens (tertiary/aromatic N) is 2. The normalized spacial score (nSPS) is 11.0. The fourth-order valence-corrected chi connectivity index (χ4v) is 3.26. The number of hydrogen-bond donors (Lipinski definition) is 1. The van der Waals surface area contributed by atoms with E-state index >= 15 is 0 Å². The smallest absolute Gasteiger partial charge is 0.268 e. The number of carbonyl (C=O) groups is 1. The Balaban J connectivity index is 1.66. The molecule has 2 aromatic carbocycles. The highest BCUT2D eigenvalue weighted by Gasteiger charge is 2.12. The van der Waals surface area contributed by atoms with Crippen LogP contribution in [0.1, 0.15) is 25.3 Å². The molecule has 0 aliphatic carbocycles. The van der Waals surface area contributed by atoms with Gasteiger partial charge in [0.1, 0.15) is 17.4 Å². The van der Waals surface area contributed by atoms with Gasteiger partial charge in [-0.1, -0.05) is 55.8 Å². The lowest BCUT2D eigenvalue weighted by atomic mass is 10.1. The SMILES string of the molecule is CCCCOc1ccc(/C=C(\C#N)C(=O)Nc2nc(-c3ccccc3)cs2)cc1. The fraction of sp³-hybridized carbons (Fsp3) is 0.174. The first kappa shape index (κ1) is 20.3. The average molecular weight is 404 g/mol. The lowest BCUT2D eigenvalue weighted by Gasteiger charge is -2.05. The van der Waals surface area contributed by atoms with E-state index in [-0.39, 0.29) is 5.57 Å². The fourth-order valence-electron chi connectivity index (χ4n) is 2.55. The van der Waals surface area contributed by atoms with Crippen molar-refractivity contribution in [2.45, 2.75) is 19.8 Å². The summed E-state index contributed by atoms with van der Waals surface area (Å²) in [6.45, 7) is 2.79. The van der Waals surface area contributed by atoms with Crippen LogP contribution in [0, 0.1) is 11.3 Å². The van der Waals surface area contributed by atoms with Crippen molar-refractivity contribution in [2.24, 2.45) is 0 Å². The van der Waals surface area contributed by atoms with Crippen LogP contribution >= 0.6 is 11.3 Å². The summed E-state index contributed by atoms with van der Waals surface area (Å²) in [5.74, 6) is 0.291. The Labute approximate surface area is 174 Å². The maximum Gasteiger partial charge on any atom is 0.268 e. The number of unbranched alkanes of at least 4 members (excludes halogenated alkanes) is 1. The molecule has 3 rings (SSSR count). The van der Waals surface area contributed by atoms with Crippen molar-refractivity contribution in [3.63, 3.8) is 0 Å². The Morgan fingerprint density at radius 3 is 2.66 bits per heavy atom. The summed E-state index contributed by atoms with van der Waals surface area (Å²) in [6.07, 6.45) is 3.63. The van der Waals surface area contributed by atoms with Gasteiger partial charge in [0.25, 0.3) is 5.91 Å². The van der Waals surface area contributed by atoms with Gasteiger partial charge in [0, 0.05) is 10.9 Å². The van der Waals surface area contributed by atoms with Crippen molar-refractivity contribution in [1.29, 1.82) is 5.26 Å². The van der Waals surface area contributed by atoms with Crippen molar-refractivity contribution in [3.05, 3.63) is 71.1 Å². The molecule has 0 radical (unpaired) electrons. The lowest BCUT2D eigenvalue weighted by molar-refractivity contribution is -0.112. The van der Waals surface area contributed by atoms with E-state index in [1.54, 1.807) is 6.08 Å². The number of thiazole rings is 1. The zero-order chi connectivity index (χ0) is 20.5. The molecule has 0 atom stereocenters. The number of nitriles is 1. The first-order chi connectivity index (χ1) is 14.2. The van der Waals surface area contributed by atoms with Crippen LogP contribution in [0.15, 0.2) is 65.6 Å². The number of amides is 1. The number of nitrogens with one attached hydrogen (secondary N) is 1. The molecule has 1 heterocycles. The van der Waals surface area contributed by atoms with Crippen molar-refractivity contribution in [3.8, 4) is 23.1 Å². The number of benzene rings is 2. The van der Waals surface area contributed by atoms with Crippen LogP contribution in [0.25, 0.3) is 17.3 Å². The van der Waals surface area contributed by atoms with E-state index in [1.165, 1.54) is 11.3 Å². The Kier molecular flexibility index (Phi) is 7.15. The largest absolute Gasteiger partial charge is 0.494 e. The highest BCUT2D eigenvalue weighted by Crippen LogP contribution is 2.25. The number of anilines is 1. The third-order valence-corrected chi connectivity index (χ3v) is 4.87. The van der Waals surface area contributed by atoms with Crippen LogP contribution in [0.2, 0.25) is 0 Å². The third-order valence-electron chi connectivity index (χ3n) is 4.12. The van der Waals surface area contributed by atoms with Gasteiger partial charge in [-0.3, -0.25) is 10.1 Å². The van der Waals surface area contributed by atoms with Gasteiger partial charge in [-0.05, 0) is 30.2 Å². The van der Waals surface area contributed by atoms with Crippen molar-refractivity contribution >= 4 is 28.5 Å². The van der Waals surface area contributed by atoms with Crippen molar-refractivity contribution in [2.75, 3.05) is 11.9 Å². The molecule has 6 heteroatoms. The maximum absolute atomic E-state index is 12.5. The summed E-state index contributed by atoms with van der Waals surface area (Å²) in [6, 6.07) is 19.0. The minimum absolute atomic E-state index is 0.0149. The molecule has 0 spiro atoms. The summed E-state index contributed by atoms with van der Waals surface area (Å²) in [4.78, 5) is 16.9. The van der Waals surface area contributed by atoms with Gasteiger partial charge >= 0.3 is 0 Å². The second-order valence-corrected chi connectivity index (χ2v) is 7.16. The van der Waals surface area contributed by atoms with Gasteiger partial charge in [-0.2, -0.15) is 5.26 Å². The summed E-state index contributed by atoms with van der Waals surface area (Å²) in [5, 5.41) is 14.4. The van der Waals surface area contributed by atoms with Crippen LogP contribution in [0.3, 0.4) is 0 Å². The predicted molar refractivity (Wildman–Crippen MR) is 117 cm³/mol. The Hall–Kier alpha value is -3.43. The number of carbonyl (C=O) groups excluding carboxylic acids is 1. The van der Waals surface area contributed by atoms with Crippen LogP contribution in [0.4, 0.5) is 5.13 Å². The van der Waals surface area contributed by atoms with E-state index in [0.717, 1.165) is 35.4 Å². The second kappa shape index (κ2) is 10.2. The molecule has 0 saturated carbocycles. The van der Waals surface area contributed by atoms with Crippen LogP contribution < -0.4 is 10.1 Å². The minimum Gasteiger partial charge on any atom is -0.494 e. The van der Waals surface area contributed by atoms with Gasteiger partial charge in [-0.25, -0.2) is 4.98 Å². The molecular formula is C23H21N3O2S. The molecule has 0 saturated heterocycles.